The number of Topliss-reactive ketones (excluding diaryl/α,β-unsaturated/α-hetero) is 1. The van der Waals surface area contributed by atoms with Crippen LogP contribution in [0.5, 0.6) is 0 Å². The molecular formula is C17H17F5N2O2. The van der Waals surface area contributed by atoms with Crippen LogP contribution in [0.3, 0.4) is 0 Å². The fourth-order valence-electron chi connectivity index (χ4n) is 3.71. The highest BCUT2D eigenvalue weighted by Gasteiger charge is 2.53. The molecule has 4 nitrogen and oxygen atoms in total. The van der Waals surface area contributed by atoms with Gasteiger partial charge in [-0.3, -0.25) is 9.59 Å². The Labute approximate surface area is 146 Å². The molecule has 142 valence electrons. The maximum absolute atomic E-state index is 14.5. The SMILES string of the molecule is O=C(CCC(F)(F)F)CN1C(=O)C2(CCNCC2)c2c1ccc(F)c2F. The summed E-state index contributed by atoms with van der Waals surface area (Å²) in [6.45, 7) is 0.246. The molecule has 0 bridgehead atoms. The van der Waals surface area contributed by atoms with Gasteiger partial charge in [0.2, 0.25) is 5.91 Å². The first kappa shape index (κ1) is 18.8. The molecule has 1 N–H and O–H groups in total. The molecule has 1 fully saturated rings. The maximum atomic E-state index is 14.5. The molecule has 3 rings (SSSR count). The predicted molar refractivity (Wildman–Crippen MR) is 82.8 cm³/mol. The van der Waals surface area contributed by atoms with Crippen LogP contribution in [-0.2, 0) is 15.0 Å². The van der Waals surface area contributed by atoms with Gasteiger partial charge in [-0.05, 0) is 38.1 Å². The van der Waals surface area contributed by atoms with E-state index in [9.17, 15) is 31.5 Å². The number of ketones is 1. The number of anilines is 1. The van der Waals surface area contributed by atoms with E-state index in [-0.39, 0.29) is 24.1 Å². The maximum Gasteiger partial charge on any atom is 0.389 e. The molecule has 0 saturated carbocycles. The Morgan fingerprint density at radius 1 is 1.19 bits per heavy atom. The topological polar surface area (TPSA) is 49.4 Å². The Morgan fingerprint density at radius 3 is 2.46 bits per heavy atom. The zero-order valence-electron chi connectivity index (χ0n) is 13.8. The third kappa shape index (κ3) is 3.20. The minimum atomic E-state index is -4.48. The average molecular weight is 376 g/mol. The van der Waals surface area contributed by atoms with Crippen molar-refractivity contribution in [1.29, 1.82) is 0 Å². The molecule has 0 aromatic heterocycles. The van der Waals surface area contributed by atoms with E-state index in [1.54, 1.807) is 0 Å². The Kier molecular flexibility index (Phi) is 4.76. The quantitative estimate of drug-likeness (QED) is 0.823. The zero-order chi connectivity index (χ0) is 19.1. The van der Waals surface area contributed by atoms with Gasteiger partial charge >= 0.3 is 6.18 Å². The normalized spacial score (nSPS) is 19.1. The summed E-state index contributed by atoms with van der Waals surface area (Å²) in [5.74, 6) is -3.57. The van der Waals surface area contributed by atoms with E-state index in [1.165, 1.54) is 6.07 Å². The first-order valence-corrected chi connectivity index (χ1v) is 8.25. The van der Waals surface area contributed by atoms with Gasteiger partial charge in [-0.2, -0.15) is 13.2 Å². The van der Waals surface area contributed by atoms with Crippen LogP contribution in [0.4, 0.5) is 27.6 Å². The molecule has 1 aromatic carbocycles. The van der Waals surface area contributed by atoms with Crippen LogP contribution in [0.25, 0.3) is 0 Å². The van der Waals surface area contributed by atoms with Crippen molar-refractivity contribution >= 4 is 17.4 Å². The van der Waals surface area contributed by atoms with Crippen LogP contribution in [0.2, 0.25) is 0 Å². The highest BCUT2D eigenvalue weighted by atomic mass is 19.4. The van der Waals surface area contributed by atoms with E-state index in [2.05, 4.69) is 5.32 Å². The van der Waals surface area contributed by atoms with Crippen LogP contribution < -0.4 is 10.2 Å². The molecule has 2 aliphatic heterocycles. The van der Waals surface area contributed by atoms with Gasteiger partial charge in [0.15, 0.2) is 17.4 Å². The molecule has 0 aliphatic carbocycles. The minimum Gasteiger partial charge on any atom is -0.317 e. The van der Waals surface area contributed by atoms with Crippen LogP contribution in [0.1, 0.15) is 31.2 Å². The summed E-state index contributed by atoms with van der Waals surface area (Å²) >= 11 is 0. The number of carbonyl (C=O) groups excluding carboxylic acids is 2. The lowest BCUT2D eigenvalue weighted by molar-refractivity contribution is -0.142. The number of nitrogens with one attached hydrogen (secondary N) is 1. The van der Waals surface area contributed by atoms with Gasteiger partial charge in [0.05, 0.1) is 24.1 Å². The second-order valence-corrected chi connectivity index (χ2v) is 6.63. The summed E-state index contributed by atoms with van der Waals surface area (Å²) in [4.78, 5) is 25.9. The molecule has 1 aromatic rings. The second-order valence-electron chi connectivity index (χ2n) is 6.63. The van der Waals surface area contributed by atoms with Crippen LogP contribution in [0.15, 0.2) is 12.1 Å². The molecule has 1 amide bonds. The predicted octanol–water partition coefficient (Wildman–Crippen LogP) is 2.84. The molecule has 0 radical (unpaired) electrons. The third-order valence-electron chi connectivity index (χ3n) is 4.98. The number of alkyl halides is 3. The molecule has 26 heavy (non-hydrogen) atoms. The Balaban J connectivity index is 1.92. The fraction of sp³-hybridized carbons (Fsp3) is 0.529. The van der Waals surface area contributed by atoms with E-state index in [0.717, 1.165) is 11.0 Å². The van der Waals surface area contributed by atoms with E-state index in [0.29, 0.717) is 13.1 Å². The van der Waals surface area contributed by atoms with Crippen LogP contribution in [0, 0.1) is 11.6 Å². The summed E-state index contributed by atoms with van der Waals surface area (Å²) in [5.41, 5.74) is -1.30. The van der Waals surface area contributed by atoms with Gasteiger partial charge in [0.25, 0.3) is 0 Å². The first-order chi connectivity index (χ1) is 12.2. The van der Waals surface area contributed by atoms with Crippen LogP contribution in [-0.4, -0.2) is 37.5 Å². The monoisotopic (exact) mass is 376 g/mol. The Bertz CT molecular complexity index is 741. The number of hydrogen-bond donors (Lipinski definition) is 1. The second kappa shape index (κ2) is 6.61. The van der Waals surface area contributed by atoms with Crippen molar-refractivity contribution in [2.75, 3.05) is 24.5 Å². The number of benzene rings is 1. The lowest BCUT2D eigenvalue weighted by atomic mass is 9.74. The lowest BCUT2D eigenvalue weighted by Gasteiger charge is -2.33. The summed E-state index contributed by atoms with van der Waals surface area (Å²) in [6.07, 6.45) is -6.07. The van der Waals surface area contributed by atoms with Crippen molar-refractivity contribution in [2.24, 2.45) is 0 Å². The minimum absolute atomic E-state index is 0.0659. The molecule has 0 unspecified atom stereocenters. The van der Waals surface area contributed by atoms with Gasteiger partial charge in [-0.1, -0.05) is 0 Å². The van der Waals surface area contributed by atoms with Gasteiger partial charge in [0.1, 0.15) is 0 Å². The number of amides is 1. The molecule has 1 spiro atoms. The van der Waals surface area contributed by atoms with E-state index >= 15 is 0 Å². The highest BCUT2D eigenvalue weighted by Crippen LogP contribution is 2.48. The summed E-state index contributed by atoms with van der Waals surface area (Å²) in [6, 6.07) is 2.06. The van der Waals surface area contributed by atoms with Crippen LogP contribution >= 0.6 is 0 Å². The Morgan fingerprint density at radius 2 is 1.85 bits per heavy atom. The van der Waals surface area contributed by atoms with Crippen molar-refractivity contribution in [2.45, 2.75) is 37.3 Å². The number of carbonyl (C=O) groups is 2. The van der Waals surface area contributed by atoms with E-state index in [1.807, 2.05) is 0 Å². The van der Waals surface area contributed by atoms with Crippen molar-refractivity contribution in [1.82, 2.24) is 5.32 Å². The van der Waals surface area contributed by atoms with Gasteiger partial charge in [-0.15, -0.1) is 0 Å². The standard InChI is InChI=1S/C17H17F5N2O2/c18-11-1-2-12-13(14(11)19)16(5-7-23-8-6-16)15(26)24(12)9-10(25)3-4-17(20,21)22/h1-2,23H,3-9H2. The smallest absolute Gasteiger partial charge is 0.317 e. The van der Waals surface area contributed by atoms with Crippen molar-refractivity contribution in [3.8, 4) is 0 Å². The number of hydrogen-bond acceptors (Lipinski definition) is 3. The molecule has 2 heterocycles. The Hall–Kier alpha value is -2.03. The number of piperidine rings is 1. The van der Waals surface area contributed by atoms with Gasteiger partial charge in [0, 0.05) is 12.0 Å². The number of nitrogens with zero attached hydrogens (tertiary/aromatic N) is 1. The third-order valence-corrected chi connectivity index (χ3v) is 4.98. The van der Waals surface area contributed by atoms with E-state index < -0.39 is 54.3 Å². The fourth-order valence-corrected chi connectivity index (χ4v) is 3.71. The lowest BCUT2D eigenvalue weighted by Crippen LogP contribution is -2.48. The highest BCUT2D eigenvalue weighted by molar-refractivity contribution is 6.11. The molecular weight excluding hydrogens is 359 g/mol. The summed E-state index contributed by atoms with van der Waals surface area (Å²) < 4.78 is 65.2. The zero-order valence-corrected chi connectivity index (χ0v) is 13.8. The number of fused-ring (bicyclic) bond motifs is 2. The van der Waals surface area contributed by atoms with Gasteiger partial charge < -0.3 is 10.2 Å². The van der Waals surface area contributed by atoms with E-state index in [4.69, 9.17) is 0 Å². The van der Waals surface area contributed by atoms with Crippen molar-refractivity contribution in [3.63, 3.8) is 0 Å². The molecule has 1 saturated heterocycles. The number of rotatable bonds is 4. The van der Waals surface area contributed by atoms with Crippen molar-refractivity contribution in [3.05, 3.63) is 29.3 Å². The van der Waals surface area contributed by atoms with Gasteiger partial charge in [-0.25, -0.2) is 8.78 Å². The summed E-state index contributed by atoms with van der Waals surface area (Å²) in [7, 11) is 0. The molecule has 2 aliphatic rings. The van der Waals surface area contributed by atoms with Crippen molar-refractivity contribution < 1.29 is 31.5 Å². The number of halogens is 5. The summed E-state index contributed by atoms with van der Waals surface area (Å²) in [5, 5.41) is 3.04. The molecule has 9 heteroatoms. The first-order valence-electron chi connectivity index (χ1n) is 8.25. The molecule has 0 atom stereocenters. The average Bonchev–Trinajstić information content (AvgIpc) is 2.79. The largest absolute Gasteiger partial charge is 0.389 e.